The van der Waals surface area contributed by atoms with E-state index in [1.165, 1.54) is 14.2 Å². The fourth-order valence-electron chi connectivity index (χ4n) is 4.43. The van der Waals surface area contributed by atoms with Crippen LogP contribution < -0.4 is 10.6 Å². The number of ether oxygens (including phenoxy) is 2. The standard InChI is InChI=1S/C30H24N2O4/c1-18-25-16-19(31-27-10-6-4-8-23(27)29(33)35-2)12-14-21(25)22-15-13-20(17-26(18)22)32-28-11-7-5-9-24(28)30(34)36-3/h4-17,31-32H,1H2,2-3H3. The van der Waals surface area contributed by atoms with Crippen molar-refractivity contribution in [1.82, 2.24) is 0 Å². The molecular formula is C30H24N2O4. The fraction of sp³-hybridized carbons (Fsp3) is 0.0667. The highest BCUT2D eigenvalue weighted by Crippen LogP contribution is 2.45. The Morgan fingerprint density at radius 2 is 1.03 bits per heavy atom. The van der Waals surface area contributed by atoms with Gasteiger partial charge in [0, 0.05) is 11.4 Å². The Labute approximate surface area is 209 Å². The monoisotopic (exact) mass is 476 g/mol. The number of hydrogen-bond donors (Lipinski definition) is 2. The Morgan fingerprint density at radius 1 is 0.611 bits per heavy atom. The average Bonchev–Trinajstić information content (AvgIpc) is 3.19. The molecular weight excluding hydrogens is 452 g/mol. The van der Waals surface area contributed by atoms with E-state index < -0.39 is 11.9 Å². The van der Waals surface area contributed by atoms with Crippen LogP contribution in [0.1, 0.15) is 31.8 Å². The van der Waals surface area contributed by atoms with Gasteiger partial charge in [0.15, 0.2) is 0 Å². The fourth-order valence-corrected chi connectivity index (χ4v) is 4.43. The van der Waals surface area contributed by atoms with E-state index >= 15 is 0 Å². The lowest BCUT2D eigenvalue weighted by molar-refractivity contribution is 0.0593. The Bertz CT molecular complexity index is 1410. The molecule has 0 unspecified atom stereocenters. The topological polar surface area (TPSA) is 76.7 Å². The van der Waals surface area contributed by atoms with E-state index in [0.717, 1.165) is 39.2 Å². The predicted molar refractivity (Wildman–Crippen MR) is 142 cm³/mol. The Morgan fingerprint density at radius 3 is 1.44 bits per heavy atom. The maximum absolute atomic E-state index is 12.1. The molecule has 0 heterocycles. The maximum atomic E-state index is 12.1. The molecule has 2 N–H and O–H groups in total. The second-order valence-corrected chi connectivity index (χ2v) is 8.32. The van der Waals surface area contributed by atoms with Gasteiger partial charge >= 0.3 is 11.9 Å². The first kappa shape index (κ1) is 22.9. The molecule has 0 aromatic heterocycles. The van der Waals surface area contributed by atoms with Crippen LogP contribution in [0.2, 0.25) is 0 Å². The van der Waals surface area contributed by atoms with Crippen LogP contribution in [0.3, 0.4) is 0 Å². The molecule has 0 aliphatic heterocycles. The highest BCUT2D eigenvalue weighted by atomic mass is 16.5. The molecule has 4 aromatic carbocycles. The van der Waals surface area contributed by atoms with Crippen molar-refractivity contribution in [2.45, 2.75) is 0 Å². The van der Waals surface area contributed by atoms with Crippen LogP contribution in [0.25, 0.3) is 16.7 Å². The molecule has 0 fully saturated rings. The summed E-state index contributed by atoms with van der Waals surface area (Å²) in [5, 5.41) is 6.67. The lowest BCUT2D eigenvalue weighted by Crippen LogP contribution is -2.05. The molecule has 0 atom stereocenters. The van der Waals surface area contributed by atoms with Crippen molar-refractivity contribution in [3.8, 4) is 11.1 Å². The SMILES string of the molecule is C=C1c2cc(Nc3ccccc3C(=O)OC)ccc2-c2ccc(Nc3ccccc3C(=O)OC)cc21. The molecule has 0 saturated carbocycles. The molecule has 0 amide bonds. The summed E-state index contributed by atoms with van der Waals surface area (Å²) >= 11 is 0. The van der Waals surface area contributed by atoms with E-state index in [0.29, 0.717) is 22.5 Å². The van der Waals surface area contributed by atoms with Crippen molar-refractivity contribution in [3.63, 3.8) is 0 Å². The number of fused-ring (bicyclic) bond motifs is 3. The molecule has 5 rings (SSSR count). The molecule has 1 aliphatic carbocycles. The zero-order valence-electron chi connectivity index (χ0n) is 19.9. The van der Waals surface area contributed by atoms with E-state index in [-0.39, 0.29) is 0 Å². The molecule has 178 valence electrons. The van der Waals surface area contributed by atoms with E-state index in [1.807, 2.05) is 48.5 Å². The molecule has 4 aromatic rings. The molecule has 0 saturated heterocycles. The summed E-state index contributed by atoms with van der Waals surface area (Å²) in [7, 11) is 2.74. The molecule has 0 radical (unpaired) electrons. The van der Waals surface area contributed by atoms with Gasteiger partial charge in [0.2, 0.25) is 0 Å². The van der Waals surface area contributed by atoms with E-state index in [9.17, 15) is 9.59 Å². The lowest BCUT2D eigenvalue weighted by atomic mass is 10.0. The van der Waals surface area contributed by atoms with Crippen molar-refractivity contribution in [3.05, 3.63) is 114 Å². The minimum absolute atomic E-state index is 0.398. The predicted octanol–water partition coefficient (Wildman–Crippen LogP) is 6.79. The number of benzene rings is 4. The first-order valence-electron chi connectivity index (χ1n) is 11.4. The number of nitrogens with one attached hydrogen (secondary N) is 2. The summed E-state index contributed by atoms with van der Waals surface area (Å²) in [5.74, 6) is -0.797. The second kappa shape index (κ2) is 9.43. The molecule has 0 spiro atoms. The van der Waals surface area contributed by atoms with Gasteiger partial charge < -0.3 is 20.1 Å². The van der Waals surface area contributed by atoms with Crippen LogP contribution in [0.5, 0.6) is 0 Å². The van der Waals surface area contributed by atoms with Crippen molar-refractivity contribution >= 4 is 40.3 Å². The number of methoxy groups -OCH3 is 2. The number of carbonyl (C=O) groups excluding carboxylic acids is 2. The number of esters is 2. The first-order valence-corrected chi connectivity index (χ1v) is 11.4. The van der Waals surface area contributed by atoms with Crippen LogP contribution in [-0.2, 0) is 9.47 Å². The van der Waals surface area contributed by atoms with E-state index in [4.69, 9.17) is 9.47 Å². The van der Waals surface area contributed by atoms with Gasteiger partial charge in [0.05, 0.1) is 36.7 Å². The van der Waals surface area contributed by atoms with Gasteiger partial charge in [-0.15, -0.1) is 0 Å². The van der Waals surface area contributed by atoms with Gasteiger partial charge in [0.25, 0.3) is 0 Å². The van der Waals surface area contributed by atoms with Gasteiger partial charge in [-0.05, 0) is 76.4 Å². The highest BCUT2D eigenvalue weighted by molar-refractivity contribution is 6.03. The summed E-state index contributed by atoms with van der Waals surface area (Å²) < 4.78 is 9.81. The molecule has 36 heavy (non-hydrogen) atoms. The lowest BCUT2D eigenvalue weighted by Gasteiger charge is -2.12. The summed E-state index contributed by atoms with van der Waals surface area (Å²) in [6.07, 6.45) is 0. The molecule has 6 nitrogen and oxygen atoms in total. The zero-order chi connectivity index (χ0) is 25.2. The van der Waals surface area contributed by atoms with Gasteiger partial charge in [-0.2, -0.15) is 0 Å². The van der Waals surface area contributed by atoms with E-state index in [1.54, 1.807) is 24.3 Å². The van der Waals surface area contributed by atoms with Crippen LogP contribution in [-0.4, -0.2) is 26.2 Å². The summed E-state index contributed by atoms with van der Waals surface area (Å²) in [4.78, 5) is 24.3. The quantitative estimate of drug-likeness (QED) is 0.263. The maximum Gasteiger partial charge on any atom is 0.339 e. The minimum Gasteiger partial charge on any atom is -0.465 e. The average molecular weight is 477 g/mol. The zero-order valence-corrected chi connectivity index (χ0v) is 19.9. The normalized spacial score (nSPS) is 11.3. The van der Waals surface area contributed by atoms with E-state index in [2.05, 4.69) is 29.3 Å². The number of rotatable bonds is 6. The summed E-state index contributed by atoms with van der Waals surface area (Å²) in [6, 6.07) is 26.6. The molecule has 0 bridgehead atoms. The third-order valence-corrected chi connectivity index (χ3v) is 6.20. The van der Waals surface area contributed by atoms with Crippen molar-refractivity contribution < 1.29 is 19.1 Å². The third kappa shape index (κ3) is 4.09. The molecule has 1 aliphatic rings. The molecule has 6 heteroatoms. The smallest absolute Gasteiger partial charge is 0.339 e. The Kier molecular flexibility index (Phi) is 6.00. The van der Waals surface area contributed by atoms with Crippen LogP contribution in [0, 0.1) is 0 Å². The van der Waals surface area contributed by atoms with Gasteiger partial charge in [-0.3, -0.25) is 0 Å². The second-order valence-electron chi connectivity index (χ2n) is 8.32. The largest absolute Gasteiger partial charge is 0.465 e. The van der Waals surface area contributed by atoms with Crippen LogP contribution in [0.15, 0.2) is 91.5 Å². The third-order valence-electron chi connectivity index (χ3n) is 6.20. The van der Waals surface area contributed by atoms with Gasteiger partial charge in [-0.25, -0.2) is 9.59 Å². The van der Waals surface area contributed by atoms with Crippen molar-refractivity contribution in [2.24, 2.45) is 0 Å². The van der Waals surface area contributed by atoms with Crippen molar-refractivity contribution in [1.29, 1.82) is 0 Å². The van der Waals surface area contributed by atoms with Crippen LogP contribution in [0.4, 0.5) is 22.7 Å². The van der Waals surface area contributed by atoms with Gasteiger partial charge in [0.1, 0.15) is 0 Å². The Balaban J connectivity index is 1.43. The first-order chi connectivity index (χ1) is 17.5. The number of para-hydroxylation sites is 2. The summed E-state index contributed by atoms with van der Waals surface area (Å²) in [6.45, 7) is 4.35. The minimum atomic E-state index is -0.398. The number of carbonyl (C=O) groups is 2. The van der Waals surface area contributed by atoms with Gasteiger partial charge in [-0.1, -0.05) is 43.0 Å². The number of anilines is 4. The highest BCUT2D eigenvalue weighted by Gasteiger charge is 2.23. The summed E-state index contributed by atoms with van der Waals surface area (Å²) in [5.41, 5.74) is 9.03. The Hall–Kier alpha value is -4.84. The van der Waals surface area contributed by atoms with Crippen molar-refractivity contribution in [2.75, 3.05) is 24.9 Å². The van der Waals surface area contributed by atoms with Crippen LogP contribution >= 0.6 is 0 Å². The number of hydrogen-bond acceptors (Lipinski definition) is 6.